The van der Waals surface area contributed by atoms with E-state index >= 15 is 0 Å². The van der Waals surface area contributed by atoms with Crippen LogP contribution in [0.5, 0.6) is 11.5 Å². The Balaban J connectivity index is 1.20. The van der Waals surface area contributed by atoms with E-state index < -0.39 is 0 Å². The lowest BCUT2D eigenvalue weighted by Crippen LogP contribution is -1.97. The number of hydrogen-bond donors (Lipinski definition) is 0. The van der Waals surface area contributed by atoms with Gasteiger partial charge in [0.1, 0.15) is 11.5 Å². The molecule has 0 N–H and O–H groups in total. The maximum absolute atomic E-state index is 9.26. The molecule has 0 fully saturated rings. The first-order valence-corrected chi connectivity index (χ1v) is 15.5. The summed E-state index contributed by atoms with van der Waals surface area (Å²) in [5.74, 6) is 1.89. The zero-order valence-electron chi connectivity index (χ0n) is 29.2. The number of nitrogens with zero attached hydrogens (tertiary/aromatic N) is 2. The van der Waals surface area contributed by atoms with Crippen molar-refractivity contribution >= 4 is 10.8 Å². The van der Waals surface area contributed by atoms with E-state index in [4.69, 9.17) is 14.7 Å². The molecule has 3 heteroatoms. The van der Waals surface area contributed by atoms with Gasteiger partial charge in [0.05, 0.1) is 16.9 Å². The second-order valence-corrected chi connectivity index (χ2v) is 11.5. The highest BCUT2D eigenvalue weighted by molar-refractivity contribution is 6.04. The predicted octanol–water partition coefficient (Wildman–Crippen LogP) is 11.7. The molecule has 9 rings (SSSR count). The van der Waals surface area contributed by atoms with Gasteiger partial charge >= 0.3 is 0 Å². The topological polar surface area (TPSA) is 35.0 Å². The van der Waals surface area contributed by atoms with E-state index in [1.807, 2.05) is 115 Å². The van der Waals surface area contributed by atoms with Crippen LogP contribution in [0, 0.1) is 0 Å². The van der Waals surface area contributed by atoms with Crippen molar-refractivity contribution in [1.29, 1.82) is 0 Å². The van der Waals surface area contributed by atoms with Gasteiger partial charge in [-0.3, -0.25) is 0 Å². The highest BCUT2D eigenvalue weighted by Gasteiger charge is 2.20. The average Bonchev–Trinajstić information content (AvgIpc) is 3.18. The Morgan fingerprint density at radius 2 is 1.02 bits per heavy atom. The molecule has 220 valence electrons. The van der Waals surface area contributed by atoms with Gasteiger partial charge in [-0.25, -0.2) is 9.97 Å². The molecule has 8 aromatic rings. The summed E-state index contributed by atoms with van der Waals surface area (Å²) < 4.78 is 43.2. The van der Waals surface area contributed by atoms with Gasteiger partial charge in [-0.2, -0.15) is 0 Å². The fourth-order valence-corrected chi connectivity index (χ4v) is 6.23. The molecule has 0 bridgehead atoms. The Labute approximate surface area is 279 Å². The smallest absolute Gasteiger partial charge is 0.160 e. The Kier molecular flexibility index (Phi) is 5.52. The quantitative estimate of drug-likeness (QED) is 0.196. The van der Waals surface area contributed by atoms with Gasteiger partial charge in [0.25, 0.3) is 0 Å². The number of ether oxygens (including phenoxy) is 1. The van der Waals surface area contributed by atoms with Crippen LogP contribution < -0.4 is 4.74 Å². The standard InChI is InChI=1S/C44H28N2O/c1-3-10-29(11-4-1)34-16-7-17-36(26-34)40-28-39(45-44(46-40)33-12-5-2-6-13-33)31-22-20-30(21-23-31)35-24-25-41-38(27-35)37-18-8-14-32-15-9-19-42(47-41)43(32)37/h1-28H/i20D,21D,22D,23D. The normalized spacial score (nSPS) is 12.8. The third kappa shape index (κ3) is 4.95. The van der Waals surface area contributed by atoms with Crippen LogP contribution in [0.2, 0.25) is 0 Å². The molecule has 0 amide bonds. The van der Waals surface area contributed by atoms with Crippen molar-refractivity contribution in [1.82, 2.24) is 9.97 Å². The monoisotopic (exact) mass is 604 g/mol. The molecular weight excluding hydrogens is 572 g/mol. The van der Waals surface area contributed by atoms with Crippen molar-refractivity contribution in [3.63, 3.8) is 0 Å². The van der Waals surface area contributed by atoms with Crippen LogP contribution in [-0.2, 0) is 0 Å². The molecule has 0 unspecified atom stereocenters. The molecule has 1 aliphatic heterocycles. The highest BCUT2D eigenvalue weighted by Crippen LogP contribution is 2.47. The zero-order chi connectivity index (χ0) is 34.6. The van der Waals surface area contributed by atoms with Crippen molar-refractivity contribution in [3.05, 3.63) is 170 Å². The van der Waals surface area contributed by atoms with Crippen molar-refractivity contribution in [2.24, 2.45) is 0 Å². The van der Waals surface area contributed by atoms with Gasteiger partial charge in [-0.1, -0.05) is 139 Å². The summed E-state index contributed by atoms with van der Waals surface area (Å²) in [4.78, 5) is 9.79. The lowest BCUT2D eigenvalue weighted by atomic mass is 9.92. The van der Waals surface area contributed by atoms with E-state index in [0.717, 1.165) is 49.9 Å². The van der Waals surface area contributed by atoms with Gasteiger partial charge in [-0.15, -0.1) is 0 Å². The molecule has 0 radical (unpaired) electrons. The summed E-state index contributed by atoms with van der Waals surface area (Å²) in [6.45, 7) is 0. The van der Waals surface area contributed by atoms with Gasteiger partial charge in [-0.05, 0) is 63.5 Å². The van der Waals surface area contributed by atoms with E-state index in [1.54, 1.807) is 12.1 Å². The molecule has 1 aliphatic rings. The maximum Gasteiger partial charge on any atom is 0.160 e. The van der Waals surface area contributed by atoms with Crippen LogP contribution in [0.3, 0.4) is 0 Å². The minimum Gasteiger partial charge on any atom is -0.456 e. The average molecular weight is 605 g/mol. The van der Waals surface area contributed by atoms with Gasteiger partial charge < -0.3 is 4.74 Å². The molecule has 0 atom stereocenters. The fraction of sp³-hybridized carbons (Fsp3) is 0. The summed E-state index contributed by atoms with van der Waals surface area (Å²) in [6, 6.07) is 46.5. The second kappa shape index (κ2) is 11.2. The molecule has 0 saturated carbocycles. The van der Waals surface area contributed by atoms with Crippen LogP contribution in [0.15, 0.2) is 170 Å². The SMILES string of the molecule is [2H]c1c([2H])c(-c2cc(-c3cccc(-c4ccccc4)c3)nc(-c3ccccc3)n2)c([2H])c([2H])c1-c1ccc2c(c1)-c1cccc3cccc(c13)O2. The first-order valence-electron chi connectivity index (χ1n) is 17.5. The molecular formula is C44H28N2O. The van der Waals surface area contributed by atoms with E-state index in [1.165, 1.54) is 0 Å². The largest absolute Gasteiger partial charge is 0.456 e. The first-order chi connectivity index (χ1) is 24.9. The summed E-state index contributed by atoms with van der Waals surface area (Å²) in [5, 5.41) is 2.06. The van der Waals surface area contributed by atoms with Crippen molar-refractivity contribution in [3.8, 4) is 78.8 Å². The minimum absolute atomic E-state index is 0.119. The number of fused-ring (bicyclic) bond motifs is 2. The number of aromatic nitrogens is 2. The molecule has 0 spiro atoms. The van der Waals surface area contributed by atoms with Crippen LogP contribution >= 0.6 is 0 Å². The molecule has 7 aromatic carbocycles. The first kappa shape index (κ1) is 23.1. The van der Waals surface area contributed by atoms with Gasteiger partial charge in [0.2, 0.25) is 0 Å². The number of benzene rings is 7. The summed E-state index contributed by atoms with van der Waals surface area (Å²) in [6.07, 6.45) is 0. The second-order valence-electron chi connectivity index (χ2n) is 11.5. The predicted molar refractivity (Wildman–Crippen MR) is 192 cm³/mol. The molecule has 0 aliphatic carbocycles. The minimum atomic E-state index is -0.172. The van der Waals surface area contributed by atoms with Crippen molar-refractivity contribution in [2.75, 3.05) is 0 Å². The van der Waals surface area contributed by atoms with Crippen molar-refractivity contribution in [2.45, 2.75) is 0 Å². The lowest BCUT2D eigenvalue weighted by Gasteiger charge is -2.22. The van der Waals surface area contributed by atoms with Gasteiger partial charge in [0.15, 0.2) is 5.82 Å². The number of hydrogen-bond acceptors (Lipinski definition) is 3. The fourth-order valence-electron chi connectivity index (χ4n) is 6.23. The van der Waals surface area contributed by atoms with Crippen molar-refractivity contribution < 1.29 is 10.2 Å². The van der Waals surface area contributed by atoms with E-state index in [-0.39, 0.29) is 35.3 Å². The molecule has 0 saturated heterocycles. The zero-order valence-corrected chi connectivity index (χ0v) is 25.2. The third-order valence-electron chi connectivity index (χ3n) is 8.55. The number of rotatable bonds is 5. The summed E-state index contributed by atoms with van der Waals surface area (Å²) in [7, 11) is 0. The third-order valence-corrected chi connectivity index (χ3v) is 8.55. The highest BCUT2D eigenvalue weighted by atomic mass is 16.5. The molecule has 2 heterocycles. The van der Waals surface area contributed by atoms with Crippen LogP contribution in [-0.4, -0.2) is 9.97 Å². The van der Waals surface area contributed by atoms with E-state index in [9.17, 15) is 5.48 Å². The Bertz CT molecular complexity index is 2630. The Morgan fingerprint density at radius 3 is 1.81 bits per heavy atom. The van der Waals surface area contributed by atoms with Crippen LogP contribution in [0.4, 0.5) is 0 Å². The Hall–Kier alpha value is -6.32. The van der Waals surface area contributed by atoms with Gasteiger partial charge in [0, 0.05) is 27.6 Å². The summed E-state index contributed by atoms with van der Waals surface area (Å²) >= 11 is 0. The van der Waals surface area contributed by atoms with Crippen LogP contribution in [0.25, 0.3) is 78.1 Å². The Morgan fingerprint density at radius 1 is 0.404 bits per heavy atom. The molecule has 47 heavy (non-hydrogen) atoms. The molecule has 1 aromatic heterocycles. The van der Waals surface area contributed by atoms with Crippen LogP contribution in [0.1, 0.15) is 5.48 Å². The maximum atomic E-state index is 9.26. The van der Waals surface area contributed by atoms with E-state index in [0.29, 0.717) is 28.5 Å². The lowest BCUT2D eigenvalue weighted by molar-refractivity contribution is 0.487. The summed E-state index contributed by atoms with van der Waals surface area (Å²) in [5.41, 5.74) is 7.39. The molecule has 3 nitrogen and oxygen atoms in total. The van der Waals surface area contributed by atoms with E-state index in [2.05, 4.69) is 18.2 Å².